The third kappa shape index (κ3) is 2.54. The summed E-state index contributed by atoms with van der Waals surface area (Å²) in [5.74, 6) is 2.02. The van der Waals surface area contributed by atoms with E-state index in [-0.39, 0.29) is 5.41 Å². The molecule has 108 valence electrons. The second-order valence-corrected chi connectivity index (χ2v) is 5.45. The molecule has 0 radical (unpaired) electrons. The van der Waals surface area contributed by atoms with Crippen LogP contribution < -0.4 is 15.2 Å². The van der Waals surface area contributed by atoms with E-state index in [9.17, 15) is 0 Å². The molecule has 0 spiro atoms. The Morgan fingerprint density at radius 2 is 1.80 bits per heavy atom. The van der Waals surface area contributed by atoms with Crippen LogP contribution in [0.3, 0.4) is 0 Å². The van der Waals surface area contributed by atoms with E-state index in [0.717, 1.165) is 0 Å². The van der Waals surface area contributed by atoms with Gasteiger partial charge >= 0.3 is 0 Å². The second kappa shape index (κ2) is 5.03. The monoisotopic (exact) mass is 277 g/mol. The number of benzene rings is 1. The van der Waals surface area contributed by atoms with Crippen LogP contribution in [0.4, 0.5) is 5.69 Å². The van der Waals surface area contributed by atoms with Crippen LogP contribution in [0.1, 0.15) is 26.7 Å². The molecule has 0 saturated carbocycles. The first-order valence-electron chi connectivity index (χ1n) is 6.22. The summed E-state index contributed by atoms with van der Waals surface area (Å²) in [7, 11) is 3.12. The Labute approximate surface area is 117 Å². The average molecular weight is 277 g/mol. The maximum atomic E-state index is 6.06. The quantitative estimate of drug-likeness (QED) is 0.868. The van der Waals surface area contributed by atoms with Crippen molar-refractivity contribution in [3.8, 4) is 23.0 Å². The molecule has 0 fully saturated rings. The minimum Gasteiger partial charge on any atom is -0.497 e. The summed E-state index contributed by atoms with van der Waals surface area (Å²) in [6.07, 6.45) is 0. The molecule has 0 atom stereocenters. The van der Waals surface area contributed by atoms with E-state index in [1.807, 2.05) is 20.8 Å². The molecule has 0 bridgehead atoms. The van der Waals surface area contributed by atoms with Crippen LogP contribution >= 0.6 is 0 Å². The van der Waals surface area contributed by atoms with Crippen LogP contribution in [0, 0.1) is 0 Å². The highest BCUT2D eigenvalue weighted by Gasteiger charge is 2.23. The van der Waals surface area contributed by atoms with E-state index in [1.54, 1.807) is 26.4 Å². The fraction of sp³-hybridized carbons (Fsp3) is 0.429. The van der Waals surface area contributed by atoms with Gasteiger partial charge in [-0.1, -0.05) is 20.8 Å². The first kappa shape index (κ1) is 14.2. The fourth-order valence-corrected chi connectivity index (χ4v) is 1.70. The molecule has 1 heterocycles. The number of nitrogens with two attached hydrogens (primary N) is 1. The minimum atomic E-state index is -0.219. The van der Waals surface area contributed by atoms with Crippen molar-refractivity contribution in [2.75, 3.05) is 20.0 Å². The highest BCUT2D eigenvalue weighted by Crippen LogP contribution is 2.37. The van der Waals surface area contributed by atoms with Crippen molar-refractivity contribution in [3.63, 3.8) is 0 Å². The standard InChI is InChI=1S/C14H19N3O3/c1-14(2,3)13-17-16-12(20-13)9-6-8(18-4)7-10(19-5)11(9)15/h6-7H,15H2,1-5H3. The van der Waals surface area contributed by atoms with Crippen molar-refractivity contribution < 1.29 is 13.9 Å². The minimum absolute atomic E-state index is 0.219. The van der Waals surface area contributed by atoms with Gasteiger partial charge < -0.3 is 19.6 Å². The Hall–Kier alpha value is -2.24. The largest absolute Gasteiger partial charge is 0.497 e. The van der Waals surface area contributed by atoms with Crippen LogP contribution in [0.5, 0.6) is 11.5 Å². The van der Waals surface area contributed by atoms with Crippen LogP contribution in [0.25, 0.3) is 11.5 Å². The second-order valence-electron chi connectivity index (χ2n) is 5.45. The summed E-state index contributed by atoms with van der Waals surface area (Å²) in [4.78, 5) is 0. The SMILES string of the molecule is COc1cc(OC)c(N)c(-c2nnc(C(C)(C)C)o2)c1. The smallest absolute Gasteiger partial charge is 0.250 e. The molecule has 2 N–H and O–H groups in total. The van der Waals surface area contributed by atoms with Gasteiger partial charge in [0, 0.05) is 11.5 Å². The summed E-state index contributed by atoms with van der Waals surface area (Å²) in [6, 6.07) is 3.46. The molecule has 6 heteroatoms. The van der Waals surface area contributed by atoms with Crippen LogP contribution in [0.2, 0.25) is 0 Å². The third-order valence-corrected chi connectivity index (χ3v) is 2.87. The van der Waals surface area contributed by atoms with E-state index < -0.39 is 0 Å². The Balaban J connectivity index is 2.54. The van der Waals surface area contributed by atoms with Gasteiger partial charge in [0.25, 0.3) is 0 Å². The number of anilines is 1. The Bertz CT molecular complexity index is 615. The van der Waals surface area contributed by atoms with Gasteiger partial charge in [-0.2, -0.15) is 0 Å². The lowest BCUT2D eigenvalue weighted by Gasteiger charge is -2.12. The molecule has 0 amide bonds. The Morgan fingerprint density at radius 3 is 2.30 bits per heavy atom. The van der Waals surface area contributed by atoms with Gasteiger partial charge in [0.15, 0.2) is 0 Å². The molecule has 1 aromatic heterocycles. The summed E-state index contributed by atoms with van der Waals surface area (Å²) in [6.45, 7) is 6.00. The van der Waals surface area contributed by atoms with Gasteiger partial charge in [0.05, 0.1) is 25.5 Å². The molecule has 20 heavy (non-hydrogen) atoms. The normalized spacial score (nSPS) is 11.4. The topological polar surface area (TPSA) is 83.4 Å². The molecule has 6 nitrogen and oxygen atoms in total. The number of rotatable bonds is 3. The number of aromatic nitrogens is 2. The zero-order valence-electron chi connectivity index (χ0n) is 12.4. The van der Waals surface area contributed by atoms with E-state index >= 15 is 0 Å². The van der Waals surface area contributed by atoms with Crippen molar-refractivity contribution in [1.82, 2.24) is 10.2 Å². The Kier molecular flexibility index (Phi) is 3.57. The van der Waals surface area contributed by atoms with Crippen LogP contribution in [0.15, 0.2) is 16.5 Å². The lowest BCUT2D eigenvalue weighted by Crippen LogP contribution is -2.11. The lowest BCUT2D eigenvalue weighted by atomic mass is 9.97. The van der Waals surface area contributed by atoms with Gasteiger partial charge in [-0.05, 0) is 6.07 Å². The van der Waals surface area contributed by atoms with E-state index in [0.29, 0.717) is 34.5 Å². The zero-order chi connectivity index (χ0) is 14.9. The van der Waals surface area contributed by atoms with Crippen LogP contribution in [-0.2, 0) is 5.41 Å². The fourth-order valence-electron chi connectivity index (χ4n) is 1.70. The molecule has 1 aromatic carbocycles. The zero-order valence-corrected chi connectivity index (χ0v) is 12.4. The number of nitrogen functional groups attached to an aromatic ring is 1. The van der Waals surface area contributed by atoms with Crippen molar-refractivity contribution in [2.24, 2.45) is 0 Å². The Morgan fingerprint density at radius 1 is 1.10 bits per heavy atom. The third-order valence-electron chi connectivity index (χ3n) is 2.87. The molecule has 2 rings (SSSR count). The summed E-state index contributed by atoms with van der Waals surface area (Å²) < 4.78 is 16.2. The number of hydrogen-bond donors (Lipinski definition) is 1. The molecule has 0 aliphatic carbocycles. The number of nitrogens with zero attached hydrogens (tertiary/aromatic N) is 2. The maximum absolute atomic E-state index is 6.06. The highest BCUT2D eigenvalue weighted by atomic mass is 16.5. The first-order chi connectivity index (χ1) is 9.36. The van der Waals surface area contributed by atoms with Crippen molar-refractivity contribution in [2.45, 2.75) is 26.2 Å². The van der Waals surface area contributed by atoms with Crippen LogP contribution in [-0.4, -0.2) is 24.4 Å². The molecule has 0 saturated heterocycles. The molecule has 2 aromatic rings. The predicted octanol–water partition coefficient (Wildman–Crippen LogP) is 2.63. The van der Waals surface area contributed by atoms with Gasteiger partial charge in [-0.25, -0.2) is 0 Å². The van der Waals surface area contributed by atoms with E-state index in [1.165, 1.54) is 0 Å². The first-order valence-corrected chi connectivity index (χ1v) is 6.22. The van der Waals surface area contributed by atoms with Gasteiger partial charge in [0.1, 0.15) is 11.5 Å². The summed E-state index contributed by atoms with van der Waals surface area (Å²) >= 11 is 0. The van der Waals surface area contributed by atoms with Crippen molar-refractivity contribution in [3.05, 3.63) is 18.0 Å². The molecule has 0 aliphatic heterocycles. The number of methoxy groups -OCH3 is 2. The van der Waals surface area contributed by atoms with Crippen molar-refractivity contribution in [1.29, 1.82) is 0 Å². The van der Waals surface area contributed by atoms with Gasteiger partial charge in [0.2, 0.25) is 11.8 Å². The van der Waals surface area contributed by atoms with E-state index in [2.05, 4.69) is 10.2 Å². The predicted molar refractivity (Wildman–Crippen MR) is 76.0 cm³/mol. The van der Waals surface area contributed by atoms with E-state index in [4.69, 9.17) is 19.6 Å². The van der Waals surface area contributed by atoms with Crippen molar-refractivity contribution >= 4 is 5.69 Å². The lowest BCUT2D eigenvalue weighted by molar-refractivity contribution is 0.392. The molecule has 0 unspecified atom stereocenters. The molecule has 0 aliphatic rings. The average Bonchev–Trinajstić information content (AvgIpc) is 2.88. The maximum Gasteiger partial charge on any atom is 0.250 e. The summed E-state index contributed by atoms with van der Waals surface area (Å²) in [5, 5.41) is 8.12. The summed E-state index contributed by atoms with van der Waals surface area (Å²) in [5.41, 5.74) is 6.88. The van der Waals surface area contributed by atoms with Gasteiger partial charge in [-0.3, -0.25) is 0 Å². The molecular weight excluding hydrogens is 258 g/mol. The molecular formula is C14H19N3O3. The number of hydrogen-bond acceptors (Lipinski definition) is 6. The highest BCUT2D eigenvalue weighted by molar-refractivity contribution is 5.77. The number of ether oxygens (including phenoxy) is 2. The van der Waals surface area contributed by atoms with Gasteiger partial charge in [-0.15, -0.1) is 10.2 Å².